The lowest BCUT2D eigenvalue weighted by Crippen LogP contribution is -2.26. The largest absolute Gasteiger partial charge is 0.345 e. The Kier molecular flexibility index (Phi) is 2.49. The van der Waals surface area contributed by atoms with Gasteiger partial charge in [-0.1, -0.05) is 10.9 Å². The number of rotatable bonds is 1. The van der Waals surface area contributed by atoms with E-state index in [9.17, 15) is 0 Å². The molecule has 0 unspecified atom stereocenters. The fraction of sp³-hybridized carbons (Fsp3) is 0.500. The first-order chi connectivity index (χ1) is 6.20. The van der Waals surface area contributed by atoms with Crippen LogP contribution in [0.25, 0.3) is 0 Å². The lowest BCUT2D eigenvalue weighted by Gasteiger charge is -2.07. The molecule has 0 amide bonds. The van der Waals surface area contributed by atoms with E-state index in [-0.39, 0.29) is 6.29 Å². The third-order valence-corrected chi connectivity index (χ3v) is 3.19. The standard InChI is InChI=1S/C8H8B2O2S/c1-4-5(9)6(10)7(13-4)8-11-2-3-12-8/h8H,2-3H2,1H3. The van der Waals surface area contributed by atoms with Crippen LogP contribution in [-0.4, -0.2) is 28.9 Å². The van der Waals surface area contributed by atoms with Crippen molar-refractivity contribution in [2.45, 2.75) is 13.2 Å². The van der Waals surface area contributed by atoms with Gasteiger partial charge in [-0.05, 0) is 11.8 Å². The molecule has 1 fully saturated rings. The van der Waals surface area contributed by atoms with E-state index >= 15 is 0 Å². The highest BCUT2D eigenvalue weighted by Gasteiger charge is 2.22. The van der Waals surface area contributed by atoms with Gasteiger partial charge in [0.05, 0.1) is 18.1 Å². The molecule has 0 bridgehead atoms. The summed E-state index contributed by atoms with van der Waals surface area (Å²) in [4.78, 5) is 1.92. The molecule has 2 rings (SSSR count). The maximum absolute atomic E-state index is 5.81. The number of hydrogen-bond acceptors (Lipinski definition) is 3. The summed E-state index contributed by atoms with van der Waals surface area (Å²) < 4.78 is 10.7. The van der Waals surface area contributed by atoms with Crippen molar-refractivity contribution in [3.63, 3.8) is 0 Å². The number of aryl methyl sites for hydroxylation is 1. The molecule has 0 aliphatic carbocycles. The lowest BCUT2D eigenvalue weighted by molar-refractivity contribution is -0.0406. The van der Waals surface area contributed by atoms with Gasteiger partial charge in [-0.25, -0.2) is 0 Å². The molecular formula is C8H8B2O2S. The van der Waals surface area contributed by atoms with Crippen LogP contribution in [0, 0.1) is 6.92 Å². The van der Waals surface area contributed by atoms with Gasteiger partial charge in [-0.15, -0.1) is 11.3 Å². The highest BCUT2D eigenvalue weighted by Crippen LogP contribution is 2.26. The molecule has 1 aromatic rings. The summed E-state index contributed by atoms with van der Waals surface area (Å²) in [5.41, 5.74) is 1.26. The Morgan fingerprint density at radius 2 is 1.85 bits per heavy atom. The minimum atomic E-state index is -0.305. The maximum atomic E-state index is 5.81. The normalized spacial score (nSPS) is 18.2. The zero-order valence-electron chi connectivity index (χ0n) is 7.37. The molecule has 13 heavy (non-hydrogen) atoms. The van der Waals surface area contributed by atoms with Crippen molar-refractivity contribution >= 4 is 38.0 Å². The average Bonchev–Trinajstić information content (AvgIpc) is 2.70. The van der Waals surface area contributed by atoms with Crippen LogP contribution in [0.3, 0.4) is 0 Å². The molecule has 0 spiro atoms. The van der Waals surface area contributed by atoms with Crippen LogP contribution in [0.1, 0.15) is 16.0 Å². The van der Waals surface area contributed by atoms with E-state index in [0.717, 1.165) is 9.75 Å². The predicted octanol–water partition coefficient (Wildman–Crippen LogP) is -0.310. The molecule has 0 N–H and O–H groups in total. The molecule has 1 aliphatic heterocycles. The van der Waals surface area contributed by atoms with Crippen molar-refractivity contribution in [2.75, 3.05) is 13.2 Å². The van der Waals surface area contributed by atoms with Gasteiger partial charge in [-0.2, -0.15) is 0 Å². The minimum absolute atomic E-state index is 0.305. The summed E-state index contributed by atoms with van der Waals surface area (Å²) in [6.07, 6.45) is -0.305. The molecular weight excluding hydrogens is 182 g/mol. The van der Waals surface area contributed by atoms with Crippen molar-refractivity contribution in [2.24, 2.45) is 0 Å². The molecule has 5 heteroatoms. The van der Waals surface area contributed by atoms with E-state index in [1.165, 1.54) is 11.3 Å². The zero-order chi connectivity index (χ0) is 9.42. The van der Waals surface area contributed by atoms with Crippen LogP contribution in [0.2, 0.25) is 0 Å². The van der Waals surface area contributed by atoms with Crippen molar-refractivity contribution in [3.8, 4) is 0 Å². The van der Waals surface area contributed by atoms with Gasteiger partial charge in [0.25, 0.3) is 0 Å². The Hall–Kier alpha value is -0.250. The summed E-state index contributed by atoms with van der Waals surface area (Å²) in [6, 6.07) is 0. The maximum Gasteiger partial charge on any atom is 0.192 e. The second-order valence-electron chi connectivity index (χ2n) is 2.92. The highest BCUT2D eigenvalue weighted by atomic mass is 32.1. The number of ether oxygens (including phenoxy) is 2. The molecule has 2 heterocycles. The van der Waals surface area contributed by atoms with Crippen molar-refractivity contribution in [1.82, 2.24) is 0 Å². The van der Waals surface area contributed by atoms with Crippen LogP contribution in [-0.2, 0) is 9.47 Å². The lowest BCUT2D eigenvalue weighted by atomic mass is 9.81. The van der Waals surface area contributed by atoms with E-state index < -0.39 is 0 Å². The summed E-state index contributed by atoms with van der Waals surface area (Å²) in [5.74, 6) is 0. The Balaban J connectivity index is 2.34. The molecule has 64 valence electrons. The fourth-order valence-electron chi connectivity index (χ4n) is 1.28. The quantitative estimate of drug-likeness (QED) is 0.565. The molecule has 4 radical (unpaired) electrons. The van der Waals surface area contributed by atoms with Gasteiger partial charge in [0.2, 0.25) is 0 Å². The molecule has 1 saturated heterocycles. The zero-order valence-corrected chi connectivity index (χ0v) is 8.19. The summed E-state index contributed by atoms with van der Waals surface area (Å²) in [6.45, 7) is 3.19. The number of thiophene rings is 1. The topological polar surface area (TPSA) is 18.5 Å². The smallest absolute Gasteiger partial charge is 0.192 e. The summed E-state index contributed by atoms with van der Waals surface area (Å²) >= 11 is 1.54. The van der Waals surface area contributed by atoms with Gasteiger partial charge in [-0.3, -0.25) is 0 Å². The Morgan fingerprint density at radius 3 is 2.31 bits per heavy atom. The highest BCUT2D eigenvalue weighted by molar-refractivity contribution is 7.14. The molecule has 0 saturated carbocycles. The van der Waals surface area contributed by atoms with Gasteiger partial charge >= 0.3 is 0 Å². The van der Waals surface area contributed by atoms with Gasteiger partial charge in [0.15, 0.2) is 6.29 Å². The first kappa shape index (κ1) is 9.31. The monoisotopic (exact) mass is 190 g/mol. The first-order valence-electron chi connectivity index (χ1n) is 4.07. The van der Waals surface area contributed by atoms with Crippen LogP contribution < -0.4 is 10.9 Å². The summed E-state index contributed by atoms with van der Waals surface area (Å²) in [7, 11) is 11.6. The second-order valence-corrected chi connectivity index (χ2v) is 4.18. The summed E-state index contributed by atoms with van der Waals surface area (Å²) in [5, 5.41) is 0. The van der Waals surface area contributed by atoms with E-state index in [4.69, 9.17) is 25.2 Å². The van der Waals surface area contributed by atoms with Crippen molar-refractivity contribution in [1.29, 1.82) is 0 Å². The molecule has 1 aromatic heterocycles. The Labute approximate surface area is 84.1 Å². The second kappa shape index (κ2) is 3.48. The van der Waals surface area contributed by atoms with E-state index in [2.05, 4.69) is 0 Å². The van der Waals surface area contributed by atoms with E-state index in [1.54, 1.807) is 0 Å². The van der Waals surface area contributed by atoms with Crippen LogP contribution in [0.4, 0.5) is 0 Å². The van der Waals surface area contributed by atoms with Gasteiger partial charge < -0.3 is 9.47 Å². The number of hydrogen-bond donors (Lipinski definition) is 0. The fourth-order valence-corrected chi connectivity index (χ4v) is 2.28. The van der Waals surface area contributed by atoms with Crippen LogP contribution in [0.15, 0.2) is 0 Å². The van der Waals surface area contributed by atoms with E-state index in [0.29, 0.717) is 24.1 Å². The Morgan fingerprint density at radius 1 is 1.23 bits per heavy atom. The van der Waals surface area contributed by atoms with E-state index in [1.807, 2.05) is 6.92 Å². The Bertz CT molecular complexity index is 318. The molecule has 0 atom stereocenters. The predicted molar refractivity (Wildman–Crippen MR) is 54.5 cm³/mol. The third-order valence-electron chi connectivity index (χ3n) is 2.03. The molecule has 2 nitrogen and oxygen atoms in total. The van der Waals surface area contributed by atoms with Crippen molar-refractivity contribution < 1.29 is 9.47 Å². The van der Waals surface area contributed by atoms with Gasteiger partial charge in [0.1, 0.15) is 15.7 Å². The van der Waals surface area contributed by atoms with Gasteiger partial charge in [0, 0.05) is 0 Å². The first-order valence-corrected chi connectivity index (χ1v) is 4.89. The molecule has 0 aromatic carbocycles. The average molecular weight is 190 g/mol. The third kappa shape index (κ3) is 1.56. The molecule has 1 aliphatic rings. The SMILES string of the molecule is [B]c1c(C)sc(C2OCCO2)c1[B]. The minimum Gasteiger partial charge on any atom is -0.345 e. The van der Waals surface area contributed by atoms with Crippen molar-refractivity contribution in [3.05, 3.63) is 9.75 Å². The van der Waals surface area contributed by atoms with Crippen LogP contribution >= 0.6 is 11.3 Å². The van der Waals surface area contributed by atoms with Crippen LogP contribution in [0.5, 0.6) is 0 Å².